The first kappa shape index (κ1) is 11.8. The molecule has 4 heteroatoms. The van der Waals surface area contributed by atoms with E-state index >= 15 is 0 Å². The number of nitrogens with one attached hydrogen (secondary N) is 1. The molecule has 1 aromatic heterocycles. The number of rotatable bonds is 2. The molecule has 18 heavy (non-hydrogen) atoms. The van der Waals surface area contributed by atoms with Crippen LogP contribution in [0.3, 0.4) is 0 Å². The summed E-state index contributed by atoms with van der Waals surface area (Å²) >= 11 is 0. The Morgan fingerprint density at radius 2 is 2.17 bits per heavy atom. The fourth-order valence-corrected chi connectivity index (χ4v) is 1.61. The average molecular weight is 237 g/mol. The van der Waals surface area contributed by atoms with E-state index in [0.717, 1.165) is 5.56 Å². The van der Waals surface area contributed by atoms with Crippen LogP contribution in [0.2, 0.25) is 0 Å². The van der Waals surface area contributed by atoms with Crippen LogP contribution >= 0.6 is 0 Å². The summed E-state index contributed by atoms with van der Waals surface area (Å²) < 4.78 is 0. The van der Waals surface area contributed by atoms with E-state index in [4.69, 9.17) is 5.26 Å². The summed E-state index contributed by atoms with van der Waals surface area (Å²) in [5.74, 6) is -0.273. The molecule has 88 valence electrons. The normalized spacial score (nSPS) is 9.56. The van der Waals surface area contributed by atoms with Gasteiger partial charge in [0.2, 0.25) is 0 Å². The first-order valence-corrected chi connectivity index (χ1v) is 5.43. The lowest BCUT2D eigenvalue weighted by Crippen LogP contribution is -2.13. The first-order chi connectivity index (χ1) is 8.72. The summed E-state index contributed by atoms with van der Waals surface area (Å²) in [6, 6.07) is 10.8. The molecule has 4 nitrogen and oxygen atoms in total. The summed E-state index contributed by atoms with van der Waals surface area (Å²) in [7, 11) is 0. The van der Waals surface area contributed by atoms with Gasteiger partial charge in [-0.2, -0.15) is 5.26 Å². The molecule has 1 aromatic carbocycles. The predicted octanol–water partition coefficient (Wildman–Crippen LogP) is 2.51. The summed E-state index contributed by atoms with van der Waals surface area (Å²) in [5, 5.41) is 11.8. The first-order valence-electron chi connectivity index (χ1n) is 5.43. The van der Waals surface area contributed by atoms with Crippen LogP contribution in [-0.4, -0.2) is 10.9 Å². The number of aryl methyl sites for hydroxylation is 1. The van der Waals surface area contributed by atoms with Crippen LogP contribution in [0.4, 0.5) is 5.69 Å². The van der Waals surface area contributed by atoms with Gasteiger partial charge in [-0.05, 0) is 30.7 Å². The van der Waals surface area contributed by atoms with Gasteiger partial charge in [0.15, 0.2) is 0 Å². The van der Waals surface area contributed by atoms with E-state index in [2.05, 4.69) is 16.4 Å². The van der Waals surface area contributed by atoms with Crippen LogP contribution in [0.25, 0.3) is 0 Å². The standard InChI is InChI=1S/C14H11N3O/c1-10-4-2-6-13(12(10)8-15)17-14(18)11-5-3-7-16-9-11/h2-7,9H,1H3,(H,17,18). The maximum atomic E-state index is 11.9. The minimum absolute atomic E-state index is 0.273. The van der Waals surface area contributed by atoms with E-state index in [1.54, 1.807) is 30.5 Å². The van der Waals surface area contributed by atoms with E-state index in [-0.39, 0.29) is 5.91 Å². The Labute approximate surface area is 105 Å². The molecule has 0 saturated heterocycles. The van der Waals surface area contributed by atoms with Crippen molar-refractivity contribution in [3.05, 3.63) is 59.4 Å². The molecule has 0 aliphatic rings. The van der Waals surface area contributed by atoms with Crippen molar-refractivity contribution >= 4 is 11.6 Å². The smallest absolute Gasteiger partial charge is 0.257 e. The zero-order valence-electron chi connectivity index (χ0n) is 9.84. The monoisotopic (exact) mass is 237 g/mol. The SMILES string of the molecule is Cc1cccc(NC(=O)c2cccnc2)c1C#N. The molecular weight excluding hydrogens is 226 g/mol. The molecular formula is C14H11N3O. The number of nitrogens with zero attached hydrogens (tertiary/aromatic N) is 2. The number of hydrogen-bond acceptors (Lipinski definition) is 3. The Balaban J connectivity index is 2.29. The zero-order valence-corrected chi connectivity index (χ0v) is 9.84. The Morgan fingerprint density at radius 1 is 1.33 bits per heavy atom. The molecule has 2 rings (SSSR count). The Bertz CT molecular complexity index is 615. The largest absolute Gasteiger partial charge is 0.321 e. The lowest BCUT2D eigenvalue weighted by Gasteiger charge is -2.08. The van der Waals surface area contributed by atoms with Crippen LogP contribution in [0.15, 0.2) is 42.7 Å². The molecule has 1 N–H and O–H groups in total. The minimum Gasteiger partial charge on any atom is -0.321 e. The van der Waals surface area contributed by atoms with Crippen LogP contribution in [0, 0.1) is 18.3 Å². The van der Waals surface area contributed by atoms with Crippen molar-refractivity contribution in [2.45, 2.75) is 6.92 Å². The van der Waals surface area contributed by atoms with E-state index < -0.39 is 0 Å². The lowest BCUT2D eigenvalue weighted by molar-refractivity contribution is 0.102. The number of anilines is 1. The van der Waals surface area contributed by atoms with E-state index in [9.17, 15) is 4.79 Å². The number of nitriles is 1. The van der Waals surface area contributed by atoms with Gasteiger partial charge in [0.1, 0.15) is 6.07 Å². The topological polar surface area (TPSA) is 65.8 Å². The van der Waals surface area contributed by atoms with Crippen molar-refractivity contribution in [1.82, 2.24) is 4.98 Å². The summed E-state index contributed by atoms with van der Waals surface area (Å²) in [6.07, 6.45) is 3.08. The van der Waals surface area contributed by atoms with Crippen LogP contribution < -0.4 is 5.32 Å². The number of carbonyl (C=O) groups excluding carboxylic acids is 1. The third-order valence-corrected chi connectivity index (χ3v) is 2.56. The molecule has 0 radical (unpaired) electrons. The van der Waals surface area contributed by atoms with Crippen molar-refractivity contribution in [3.8, 4) is 6.07 Å². The number of hydrogen-bond donors (Lipinski definition) is 1. The fraction of sp³-hybridized carbons (Fsp3) is 0.0714. The van der Waals surface area contributed by atoms with Crippen LogP contribution in [-0.2, 0) is 0 Å². The summed E-state index contributed by atoms with van der Waals surface area (Å²) in [6.45, 7) is 1.83. The van der Waals surface area contributed by atoms with Gasteiger partial charge in [-0.25, -0.2) is 0 Å². The zero-order chi connectivity index (χ0) is 13.0. The number of aromatic nitrogens is 1. The van der Waals surface area contributed by atoms with Gasteiger partial charge in [0, 0.05) is 12.4 Å². The molecule has 0 aliphatic carbocycles. The predicted molar refractivity (Wildman–Crippen MR) is 68.1 cm³/mol. The van der Waals surface area contributed by atoms with Gasteiger partial charge in [-0.15, -0.1) is 0 Å². The maximum Gasteiger partial charge on any atom is 0.257 e. The van der Waals surface area contributed by atoms with Crippen molar-refractivity contribution in [1.29, 1.82) is 5.26 Å². The molecule has 1 heterocycles. The van der Waals surface area contributed by atoms with Gasteiger partial charge < -0.3 is 5.32 Å². The highest BCUT2D eigenvalue weighted by molar-refractivity contribution is 6.04. The van der Waals surface area contributed by atoms with Crippen molar-refractivity contribution < 1.29 is 4.79 Å². The van der Waals surface area contributed by atoms with E-state index in [0.29, 0.717) is 16.8 Å². The van der Waals surface area contributed by atoms with Crippen molar-refractivity contribution in [2.75, 3.05) is 5.32 Å². The number of amides is 1. The number of carbonyl (C=O) groups is 1. The van der Waals surface area contributed by atoms with Gasteiger partial charge in [-0.3, -0.25) is 9.78 Å². The van der Waals surface area contributed by atoms with Crippen LogP contribution in [0.1, 0.15) is 21.5 Å². The minimum atomic E-state index is -0.273. The highest BCUT2D eigenvalue weighted by atomic mass is 16.1. The molecule has 0 atom stereocenters. The third kappa shape index (κ3) is 2.36. The molecule has 0 bridgehead atoms. The molecule has 0 aliphatic heterocycles. The lowest BCUT2D eigenvalue weighted by atomic mass is 10.1. The Hall–Kier alpha value is -2.67. The fourth-order valence-electron chi connectivity index (χ4n) is 1.61. The molecule has 0 fully saturated rings. The summed E-state index contributed by atoms with van der Waals surface area (Å²) in [4.78, 5) is 15.8. The number of benzene rings is 1. The van der Waals surface area contributed by atoms with Gasteiger partial charge in [0.05, 0.1) is 16.8 Å². The molecule has 0 spiro atoms. The third-order valence-electron chi connectivity index (χ3n) is 2.56. The van der Waals surface area contributed by atoms with Gasteiger partial charge in [0.25, 0.3) is 5.91 Å². The quantitative estimate of drug-likeness (QED) is 0.872. The Kier molecular flexibility index (Phi) is 3.35. The van der Waals surface area contributed by atoms with E-state index in [1.165, 1.54) is 6.20 Å². The number of pyridine rings is 1. The van der Waals surface area contributed by atoms with Crippen LogP contribution in [0.5, 0.6) is 0 Å². The van der Waals surface area contributed by atoms with Crippen molar-refractivity contribution in [2.24, 2.45) is 0 Å². The molecule has 0 saturated carbocycles. The summed E-state index contributed by atoms with van der Waals surface area (Å²) in [5.41, 5.74) is 2.30. The second kappa shape index (κ2) is 5.11. The second-order valence-corrected chi connectivity index (χ2v) is 3.81. The second-order valence-electron chi connectivity index (χ2n) is 3.81. The highest BCUT2D eigenvalue weighted by Crippen LogP contribution is 2.18. The van der Waals surface area contributed by atoms with E-state index in [1.807, 2.05) is 13.0 Å². The molecule has 2 aromatic rings. The molecule has 1 amide bonds. The maximum absolute atomic E-state index is 11.9. The Morgan fingerprint density at radius 3 is 2.83 bits per heavy atom. The average Bonchev–Trinajstić information content (AvgIpc) is 2.40. The highest BCUT2D eigenvalue weighted by Gasteiger charge is 2.10. The van der Waals surface area contributed by atoms with Gasteiger partial charge in [-0.1, -0.05) is 12.1 Å². The van der Waals surface area contributed by atoms with Crippen molar-refractivity contribution in [3.63, 3.8) is 0 Å². The van der Waals surface area contributed by atoms with Gasteiger partial charge >= 0.3 is 0 Å². The molecule has 0 unspecified atom stereocenters.